The van der Waals surface area contributed by atoms with E-state index in [1.165, 1.54) is 5.56 Å². The number of aliphatic carboxylic acids is 1. The van der Waals surface area contributed by atoms with Crippen LogP contribution in [0.5, 0.6) is 5.75 Å². The Hall–Kier alpha value is -1.55. The normalized spacial score (nSPS) is 8.71. The fourth-order valence-corrected chi connectivity index (χ4v) is 0.668. The topological polar surface area (TPSA) is 83.5 Å². The van der Waals surface area contributed by atoms with Crippen molar-refractivity contribution >= 4 is 5.97 Å². The second-order valence-electron chi connectivity index (χ2n) is 2.77. The molecule has 0 unspecified atom stereocenters. The van der Waals surface area contributed by atoms with Crippen LogP contribution < -0.4 is 5.73 Å². The number of hydrogen-bond donors (Lipinski definition) is 3. The number of nitrogens with two attached hydrogens (primary N) is 1. The molecule has 78 valence electrons. The van der Waals surface area contributed by atoms with Crippen molar-refractivity contribution in [2.24, 2.45) is 5.73 Å². The van der Waals surface area contributed by atoms with E-state index in [2.05, 4.69) is 0 Å². The summed E-state index contributed by atoms with van der Waals surface area (Å²) >= 11 is 0. The Morgan fingerprint density at radius 3 is 2.07 bits per heavy atom. The summed E-state index contributed by atoms with van der Waals surface area (Å²) in [6.45, 7) is 2.22. The second kappa shape index (κ2) is 6.91. The fraction of sp³-hybridized carbons (Fsp3) is 0.300. The molecule has 0 amide bonds. The SMILES string of the molecule is Cc1ccc(O)cc1.NCCC(=O)O. The Morgan fingerprint density at radius 1 is 1.36 bits per heavy atom. The highest BCUT2D eigenvalue weighted by Gasteiger charge is 1.87. The molecule has 4 nitrogen and oxygen atoms in total. The van der Waals surface area contributed by atoms with Gasteiger partial charge in [0.1, 0.15) is 5.75 Å². The van der Waals surface area contributed by atoms with E-state index in [0.717, 1.165) is 0 Å². The van der Waals surface area contributed by atoms with Crippen LogP contribution in [0.1, 0.15) is 12.0 Å². The van der Waals surface area contributed by atoms with Gasteiger partial charge in [0.25, 0.3) is 0 Å². The molecule has 1 rings (SSSR count). The van der Waals surface area contributed by atoms with Crippen molar-refractivity contribution in [3.05, 3.63) is 29.8 Å². The van der Waals surface area contributed by atoms with Crippen LogP contribution in [0.4, 0.5) is 0 Å². The molecule has 0 heterocycles. The van der Waals surface area contributed by atoms with Gasteiger partial charge in [-0.2, -0.15) is 0 Å². The monoisotopic (exact) mass is 197 g/mol. The summed E-state index contributed by atoms with van der Waals surface area (Å²) in [6.07, 6.45) is 0.0694. The number of aryl methyl sites for hydroxylation is 1. The summed E-state index contributed by atoms with van der Waals surface area (Å²) in [5, 5.41) is 16.6. The number of aromatic hydroxyl groups is 1. The highest BCUT2D eigenvalue weighted by Crippen LogP contribution is 2.07. The van der Waals surface area contributed by atoms with Gasteiger partial charge in [0.15, 0.2) is 0 Å². The first-order valence-electron chi connectivity index (χ1n) is 4.23. The van der Waals surface area contributed by atoms with Crippen LogP contribution in [0, 0.1) is 6.92 Å². The molecule has 0 radical (unpaired) electrons. The van der Waals surface area contributed by atoms with Gasteiger partial charge in [-0.05, 0) is 19.1 Å². The zero-order chi connectivity index (χ0) is 11.0. The molecule has 4 N–H and O–H groups in total. The number of carbonyl (C=O) groups is 1. The maximum atomic E-state index is 9.52. The summed E-state index contributed by atoms with van der Waals surface area (Å²) in [7, 11) is 0. The quantitative estimate of drug-likeness (QED) is 0.663. The van der Waals surface area contributed by atoms with Crippen LogP contribution in [0.15, 0.2) is 24.3 Å². The first kappa shape index (κ1) is 12.4. The van der Waals surface area contributed by atoms with Gasteiger partial charge in [-0.15, -0.1) is 0 Å². The first-order chi connectivity index (χ1) is 6.56. The highest BCUT2D eigenvalue weighted by atomic mass is 16.4. The van der Waals surface area contributed by atoms with Gasteiger partial charge < -0.3 is 15.9 Å². The average molecular weight is 197 g/mol. The van der Waals surface area contributed by atoms with Gasteiger partial charge in [0.05, 0.1) is 6.42 Å². The van der Waals surface area contributed by atoms with Crippen LogP contribution >= 0.6 is 0 Å². The molecular formula is C10H15NO3. The number of carboxylic acids is 1. The van der Waals surface area contributed by atoms with Crippen LogP contribution in [0.2, 0.25) is 0 Å². The van der Waals surface area contributed by atoms with Crippen molar-refractivity contribution < 1.29 is 15.0 Å². The molecule has 4 heteroatoms. The maximum Gasteiger partial charge on any atom is 0.304 e. The van der Waals surface area contributed by atoms with Crippen molar-refractivity contribution in [1.29, 1.82) is 0 Å². The number of rotatable bonds is 2. The Bertz CT molecular complexity index is 248. The molecule has 0 aliphatic carbocycles. The molecule has 0 saturated heterocycles. The minimum atomic E-state index is -0.836. The van der Waals surface area contributed by atoms with Crippen molar-refractivity contribution in [3.8, 4) is 5.75 Å². The zero-order valence-corrected chi connectivity index (χ0v) is 8.10. The first-order valence-corrected chi connectivity index (χ1v) is 4.23. The zero-order valence-electron chi connectivity index (χ0n) is 8.10. The number of benzene rings is 1. The smallest absolute Gasteiger partial charge is 0.304 e. The van der Waals surface area contributed by atoms with E-state index in [9.17, 15) is 4.79 Å². The number of carboxylic acid groups (broad SMARTS) is 1. The molecule has 0 aliphatic rings. The number of hydrogen-bond acceptors (Lipinski definition) is 3. The average Bonchev–Trinajstić information content (AvgIpc) is 2.11. The summed E-state index contributed by atoms with van der Waals surface area (Å²) in [5.41, 5.74) is 6.02. The molecule has 0 bridgehead atoms. The predicted octanol–water partition coefficient (Wildman–Crippen LogP) is 1.12. The third-order valence-corrected chi connectivity index (χ3v) is 1.39. The van der Waals surface area contributed by atoms with Crippen molar-refractivity contribution in [2.45, 2.75) is 13.3 Å². The molecule has 0 saturated carbocycles. The van der Waals surface area contributed by atoms with Crippen LogP contribution in [0.3, 0.4) is 0 Å². The molecule has 0 fully saturated rings. The summed E-state index contributed by atoms with van der Waals surface area (Å²) in [4.78, 5) is 9.52. The van der Waals surface area contributed by atoms with Gasteiger partial charge in [-0.3, -0.25) is 4.79 Å². The minimum Gasteiger partial charge on any atom is -0.508 e. The van der Waals surface area contributed by atoms with E-state index in [1.807, 2.05) is 19.1 Å². The lowest BCUT2D eigenvalue weighted by Gasteiger charge is -1.89. The molecular weight excluding hydrogens is 182 g/mol. The fourth-order valence-electron chi connectivity index (χ4n) is 0.668. The van der Waals surface area contributed by atoms with E-state index in [1.54, 1.807) is 12.1 Å². The Morgan fingerprint density at radius 2 is 1.86 bits per heavy atom. The molecule has 1 aromatic carbocycles. The Labute approximate surface area is 83.0 Å². The molecule has 0 aromatic heterocycles. The third kappa shape index (κ3) is 7.12. The van der Waals surface area contributed by atoms with Gasteiger partial charge in [-0.1, -0.05) is 17.7 Å². The molecule has 1 aromatic rings. The van der Waals surface area contributed by atoms with E-state index in [4.69, 9.17) is 15.9 Å². The number of phenolic OH excluding ortho intramolecular Hbond substituents is 1. The predicted molar refractivity (Wildman–Crippen MR) is 54.2 cm³/mol. The minimum absolute atomic E-state index is 0.0694. The van der Waals surface area contributed by atoms with Crippen LogP contribution in [0.25, 0.3) is 0 Å². The lowest BCUT2D eigenvalue weighted by molar-refractivity contribution is -0.136. The molecule has 0 atom stereocenters. The van der Waals surface area contributed by atoms with Gasteiger partial charge in [0, 0.05) is 6.54 Å². The highest BCUT2D eigenvalue weighted by molar-refractivity contribution is 5.66. The molecule has 0 spiro atoms. The van der Waals surface area contributed by atoms with E-state index in [-0.39, 0.29) is 13.0 Å². The van der Waals surface area contributed by atoms with Crippen molar-refractivity contribution in [3.63, 3.8) is 0 Å². The summed E-state index contributed by atoms with van der Waals surface area (Å²) in [6, 6.07) is 7.09. The Balaban J connectivity index is 0.000000255. The summed E-state index contributed by atoms with van der Waals surface area (Å²) in [5.74, 6) is -0.506. The van der Waals surface area contributed by atoms with E-state index in [0.29, 0.717) is 5.75 Å². The third-order valence-electron chi connectivity index (χ3n) is 1.39. The van der Waals surface area contributed by atoms with Gasteiger partial charge in [-0.25, -0.2) is 0 Å². The lowest BCUT2D eigenvalue weighted by Crippen LogP contribution is -2.05. The lowest BCUT2D eigenvalue weighted by atomic mass is 10.2. The maximum absolute atomic E-state index is 9.52. The van der Waals surface area contributed by atoms with Crippen molar-refractivity contribution in [1.82, 2.24) is 0 Å². The van der Waals surface area contributed by atoms with Crippen molar-refractivity contribution in [2.75, 3.05) is 6.54 Å². The second-order valence-corrected chi connectivity index (χ2v) is 2.77. The molecule has 14 heavy (non-hydrogen) atoms. The van der Waals surface area contributed by atoms with E-state index >= 15 is 0 Å². The van der Waals surface area contributed by atoms with E-state index < -0.39 is 5.97 Å². The standard InChI is InChI=1S/C7H8O.C3H7NO2/c1-6-2-4-7(8)5-3-6;4-2-1-3(5)6/h2-5,8H,1H3;1-2,4H2,(H,5,6). The van der Waals surface area contributed by atoms with Crippen LogP contribution in [-0.2, 0) is 4.79 Å². The Kier molecular flexibility index (Phi) is 6.15. The van der Waals surface area contributed by atoms with Gasteiger partial charge >= 0.3 is 5.97 Å². The largest absolute Gasteiger partial charge is 0.508 e. The summed E-state index contributed by atoms with van der Waals surface area (Å²) < 4.78 is 0. The molecule has 0 aliphatic heterocycles. The number of phenols is 1. The van der Waals surface area contributed by atoms with Gasteiger partial charge in [0.2, 0.25) is 0 Å². The van der Waals surface area contributed by atoms with Crippen LogP contribution in [-0.4, -0.2) is 22.7 Å².